The Labute approximate surface area is 179 Å². The van der Waals surface area contributed by atoms with Gasteiger partial charge in [0, 0.05) is 25.7 Å². The van der Waals surface area contributed by atoms with E-state index in [0.29, 0.717) is 0 Å². The van der Waals surface area contributed by atoms with Gasteiger partial charge in [-0.15, -0.1) is 6.58 Å². The number of carbonyl (C=O) groups excluding carboxylic acids is 1. The Morgan fingerprint density at radius 2 is 1.80 bits per heavy atom. The van der Waals surface area contributed by atoms with E-state index in [1.807, 2.05) is 17.0 Å². The van der Waals surface area contributed by atoms with Crippen LogP contribution in [0.3, 0.4) is 0 Å². The van der Waals surface area contributed by atoms with Crippen molar-refractivity contribution in [2.24, 2.45) is 0 Å². The van der Waals surface area contributed by atoms with E-state index in [4.69, 9.17) is 0 Å². The molecule has 3 heteroatoms. The fourth-order valence-electron chi connectivity index (χ4n) is 4.29. The van der Waals surface area contributed by atoms with E-state index < -0.39 is 0 Å². The summed E-state index contributed by atoms with van der Waals surface area (Å²) in [7, 11) is 0. The van der Waals surface area contributed by atoms with Gasteiger partial charge in [-0.1, -0.05) is 78.9 Å². The first-order chi connectivity index (χ1) is 14.7. The third-order valence-electron chi connectivity index (χ3n) is 6.13. The van der Waals surface area contributed by atoms with Crippen LogP contribution in [0.15, 0.2) is 85.5 Å². The molecule has 154 valence electrons. The van der Waals surface area contributed by atoms with Crippen molar-refractivity contribution in [3.63, 3.8) is 0 Å². The molecule has 1 aliphatic heterocycles. The molecule has 0 radical (unpaired) electrons. The lowest BCUT2D eigenvalue weighted by Gasteiger charge is -2.24. The molecule has 1 amide bonds. The van der Waals surface area contributed by atoms with E-state index in [1.165, 1.54) is 21.9 Å². The second-order valence-corrected chi connectivity index (χ2v) is 8.10. The number of benzene rings is 3. The highest BCUT2D eigenvalue weighted by Gasteiger charge is 2.45. The summed E-state index contributed by atoms with van der Waals surface area (Å²) < 4.78 is 0. The van der Waals surface area contributed by atoms with Crippen LogP contribution in [0.1, 0.15) is 30.5 Å². The molecule has 3 atom stereocenters. The summed E-state index contributed by atoms with van der Waals surface area (Å²) in [5.74, 6) is 0.250. The smallest absolute Gasteiger partial charge is 0.241 e. The molecule has 0 aliphatic carbocycles. The van der Waals surface area contributed by atoms with Gasteiger partial charge in [0.25, 0.3) is 0 Å². The SMILES string of the molecule is C=CCCN(CCc1ccccc1)C(=O)C1CN1[C@H](C)c1cccc2ccccc12. The quantitative estimate of drug-likeness (QED) is 0.364. The van der Waals surface area contributed by atoms with E-state index >= 15 is 0 Å². The van der Waals surface area contributed by atoms with Crippen molar-refractivity contribution in [3.8, 4) is 0 Å². The largest absolute Gasteiger partial charge is 0.341 e. The summed E-state index contributed by atoms with van der Waals surface area (Å²) in [6.45, 7) is 8.37. The summed E-state index contributed by atoms with van der Waals surface area (Å²) in [5, 5.41) is 2.53. The highest BCUT2D eigenvalue weighted by atomic mass is 16.2. The summed E-state index contributed by atoms with van der Waals surface area (Å²) in [4.78, 5) is 17.6. The molecule has 0 saturated carbocycles. The molecule has 0 spiro atoms. The maximum absolute atomic E-state index is 13.3. The van der Waals surface area contributed by atoms with Gasteiger partial charge in [-0.2, -0.15) is 0 Å². The number of fused-ring (bicyclic) bond motifs is 1. The van der Waals surface area contributed by atoms with Crippen LogP contribution in [-0.2, 0) is 11.2 Å². The van der Waals surface area contributed by atoms with Crippen LogP contribution in [0, 0.1) is 0 Å². The zero-order valence-electron chi connectivity index (χ0n) is 17.7. The van der Waals surface area contributed by atoms with Crippen LogP contribution in [0.2, 0.25) is 0 Å². The van der Waals surface area contributed by atoms with E-state index in [0.717, 1.165) is 32.5 Å². The lowest BCUT2D eigenvalue weighted by atomic mass is 9.99. The summed E-state index contributed by atoms with van der Waals surface area (Å²) >= 11 is 0. The Balaban J connectivity index is 1.44. The van der Waals surface area contributed by atoms with Crippen molar-refractivity contribution in [1.82, 2.24) is 9.80 Å². The van der Waals surface area contributed by atoms with Crippen LogP contribution in [0.4, 0.5) is 0 Å². The lowest BCUT2D eigenvalue weighted by molar-refractivity contribution is -0.131. The summed E-state index contributed by atoms with van der Waals surface area (Å²) in [6.07, 6.45) is 3.60. The highest BCUT2D eigenvalue weighted by molar-refractivity contribution is 5.87. The standard InChI is InChI=1S/C27H30N2O/c1-3-4-18-28(19-17-22-11-6-5-7-12-22)27(30)26-20-29(26)21(2)24-16-10-14-23-13-8-9-15-25(23)24/h3,5-16,21,26H,1,4,17-20H2,2H3/t21-,26?,29?/m1/s1. The second-order valence-electron chi connectivity index (χ2n) is 8.10. The first kappa shape index (κ1) is 20.4. The molecule has 1 saturated heterocycles. The Hall–Kier alpha value is -2.91. The van der Waals surface area contributed by atoms with Gasteiger partial charge in [0.05, 0.1) is 0 Å². The van der Waals surface area contributed by atoms with Crippen molar-refractivity contribution >= 4 is 16.7 Å². The minimum atomic E-state index is -0.0143. The first-order valence-corrected chi connectivity index (χ1v) is 10.9. The van der Waals surface area contributed by atoms with E-state index in [1.54, 1.807) is 0 Å². The number of hydrogen-bond acceptors (Lipinski definition) is 2. The lowest BCUT2D eigenvalue weighted by Crippen LogP contribution is -2.38. The van der Waals surface area contributed by atoms with E-state index in [-0.39, 0.29) is 18.0 Å². The number of rotatable bonds is 9. The molecule has 3 nitrogen and oxygen atoms in total. The average molecular weight is 399 g/mol. The predicted octanol–water partition coefficient (Wildman–Crippen LogP) is 5.23. The Kier molecular flexibility index (Phi) is 6.29. The molecular weight excluding hydrogens is 368 g/mol. The number of amides is 1. The van der Waals surface area contributed by atoms with Gasteiger partial charge in [0.1, 0.15) is 6.04 Å². The van der Waals surface area contributed by atoms with Gasteiger partial charge in [-0.25, -0.2) is 0 Å². The van der Waals surface area contributed by atoms with Gasteiger partial charge in [0.2, 0.25) is 5.91 Å². The number of hydrogen-bond donors (Lipinski definition) is 0. The zero-order chi connectivity index (χ0) is 20.9. The van der Waals surface area contributed by atoms with Gasteiger partial charge >= 0.3 is 0 Å². The van der Waals surface area contributed by atoms with Crippen LogP contribution in [-0.4, -0.2) is 41.4 Å². The normalized spacial score (nSPS) is 18.7. The number of nitrogens with zero attached hydrogens (tertiary/aromatic N) is 2. The van der Waals surface area contributed by atoms with Crippen LogP contribution in [0.5, 0.6) is 0 Å². The Morgan fingerprint density at radius 1 is 1.07 bits per heavy atom. The fourth-order valence-corrected chi connectivity index (χ4v) is 4.29. The van der Waals surface area contributed by atoms with E-state index in [2.05, 4.69) is 85.1 Å². The molecule has 0 bridgehead atoms. The molecule has 1 heterocycles. The van der Waals surface area contributed by atoms with Crippen LogP contribution < -0.4 is 0 Å². The van der Waals surface area contributed by atoms with Gasteiger partial charge in [-0.05, 0) is 41.7 Å². The molecule has 3 aromatic carbocycles. The average Bonchev–Trinajstić information content (AvgIpc) is 3.59. The maximum Gasteiger partial charge on any atom is 0.241 e. The monoisotopic (exact) mass is 398 g/mol. The molecule has 0 N–H and O–H groups in total. The molecule has 1 aliphatic rings. The molecule has 30 heavy (non-hydrogen) atoms. The summed E-state index contributed by atoms with van der Waals surface area (Å²) in [6, 6.07) is 25.5. The minimum absolute atomic E-state index is 0.0143. The van der Waals surface area contributed by atoms with Gasteiger partial charge in [-0.3, -0.25) is 9.69 Å². The number of carbonyl (C=O) groups is 1. The van der Waals surface area contributed by atoms with Crippen LogP contribution in [0.25, 0.3) is 10.8 Å². The van der Waals surface area contributed by atoms with Crippen molar-refractivity contribution in [3.05, 3.63) is 96.6 Å². The topological polar surface area (TPSA) is 23.3 Å². The molecule has 0 aromatic heterocycles. The third kappa shape index (κ3) is 4.47. The minimum Gasteiger partial charge on any atom is -0.341 e. The van der Waals surface area contributed by atoms with E-state index in [9.17, 15) is 4.79 Å². The van der Waals surface area contributed by atoms with Gasteiger partial charge in [0.15, 0.2) is 0 Å². The van der Waals surface area contributed by atoms with Crippen molar-refractivity contribution in [1.29, 1.82) is 0 Å². The third-order valence-corrected chi connectivity index (χ3v) is 6.13. The summed E-state index contributed by atoms with van der Waals surface area (Å²) in [5.41, 5.74) is 2.57. The van der Waals surface area contributed by atoms with Crippen molar-refractivity contribution in [2.45, 2.75) is 31.8 Å². The van der Waals surface area contributed by atoms with Crippen molar-refractivity contribution in [2.75, 3.05) is 19.6 Å². The second kappa shape index (κ2) is 9.27. The fraction of sp³-hybridized carbons (Fsp3) is 0.296. The highest BCUT2D eigenvalue weighted by Crippen LogP contribution is 2.36. The zero-order valence-corrected chi connectivity index (χ0v) is 17.7. The Morgan fingerprint density at radius 3 is 2.60 bits per heavy atom. The molecular formula is C27H30N2O. The predicted molar refractivity (Wildman–Crippen MR) is 124 cm³/mol. The maximum atomic E-state index is 13.3. The Bertz CT molecular complexity index is 1010. The van der Waals surface area contributed by atoms with Crippen LogP contribution >= 0.6 is 0 Å². The molecule has 2 unspecified atom stereocenters. The molecule has 1 fully saturated rings. The molecule has 4 rings (SSSR count). The molecule has 3 aromatic rings. The van der Waals surface area contributed by atoms with Gasteiger partial charge < -0.3 is 4.90 Å². The first-order valence-electron chi connectivity index (χ1n) is 10.9. The van der Waals surface area contributed by atoms with Crippen molar-refractivity contribution < 1.29 is 4.79 Å².